The molecule has 0 bridgehead atoms. The third-order valence-electron chi connectivity index (χ3n) is 2.63. The zero-order chi connectivity index (χ0) is 14.1. The lowest BCUT2D eigenvalue weighted by Crippen LogP contribution is -2.22. The Balaban J connectivity index is 2.85. The van der Waals surface area contributed by atoms with E-state index in [0.29, 0.717) is 19.3 Å². The van der Waals surface area contributed by atoms with E-state index in [9.17, 15) is 0 Å². The van der Waals surface area contributed by atoms with E-state index in [4.69, 9.17) is 9.47 Å². The van der Waals surface area contributed by atoms with Crippen molar-refractivity contribution in [1.82, 2.24) is 5.32 Å². The summed E-state index contributed by atoms with van der Waals surface area (Å²) in [5.74, 6) is 1.66. The molecule has 1 rings (SSSR count). The van der Waals surface area contributed by atoms with Gasteiger partial charge < -0.3 is 14.8 Å². The Hall–Kier alpha value is -1.48. The molecule has 1 aromatic rings. The summed E-state index contributed by atoms with van der Waals surface area (Å²) >= 11 is 0. The first kappa shape index (κ1) is 15.6. The number of rotatable bonds is 9. The average molecular weight is 263 g/mol. The van der Waals surface area contributed by atoms with E-state index < -0.39 is 0 Å². The fourth-order valence-electron chi connectivity index (χ4n) is 1.69. The minimum Gasteiger partial charge on any atom is -0.490 e. The zero-order valence-electron chi connectivity index (χ0n) is 12.2. The van der Waals surface area contributed by atoms with Crippen molar-refractivity contribution in [2.24, 2.45) is 0 Å². The van der Waals surface area contributed by atoms with Crippen molar-refractivity contribution in [2.75, 3.05) is 13.2 Å². The Morgan fingerprint density at radius 3 is 2.74 bits per heavy atom. The Bertz CT molecular complexity index is 388. The van der Waals surface area contributed by atoms with Crippen LogP contribution in [0.15, 0.2) is 30.9 Å². The fraction of sp³-hybridized carbons (Fsp3) is 0.500. The molecule has 0 unspecified atom stereocenters. The fourth-order valence-corrected chi connectivity index (χ4v) is 1.69. The number of hydrogen-bond acceptors (Lipinski definition) is 3. The topological polar surface area (TPSA) is 30.5 Å². The van der Waals surface area contributed by atoms with E-state index in [1.165, 1.54) is 0 Å². The highest BCUT2D eigenvalue weighted by molar-refractivity contribution is 5.46. The second-order valence-corrected chi connectivity index (χ2v) is 4.64. The van der Waals surface area contributed by atoms with Gasteiger partial charge in [0, 0.05) is 18.2 Å². The van der Waals surface area contributed by atoms with Gasteiger partial charge in [0.05, 0.1) is 13.2 Å². The third kappa shape index (κ3) is 5.35. The molecule has 0 fully saturated rings. The zero-order valence-corrected chi connectivity index (χ0v) is 12.2. The summed E-state index contributed by atoms with van der Waals surface area (Å²) in [5, 5.41) is 3.41. The minimum absolute atomic E-state index is 0.441. The van der Waals surface area contributed by atoms with E-state index in [2.05, 4.69) is 31.8 Å². The molecule has 0 radical (unpaired) electrons. The first-order chi connectivity index (χ1) is 9.19. The van der Waals surface area contributed by atoms with Gasteiger partial charge in [0.1, 0.15) is 0 Å². The summed E-state index contributed by atoms with van der Waals surface area (Å²) in [6.45, 7) is 12.0. The molecule has 0 atom stereocenters. The van der Waals surface area contributed by atoms with Crippen LogP contribution in [0, 0.1) is 0 Å². The molecule has 0 aliphatic heterocycles. The maximum Gasteiger partial charge on any atom is 0.165 e. The van der Waals surface area contributed by atoms with Crippen LogP contribution in [0.2, 0.25) is 0 Å². The molecule has 1 aromatic carbocycles. The number of ether oxygens (including phenoxy) is 2. The Morgan fingerprint density at radius 1 is 1.32 bits per heavy atom. The summed E-state index contributed by atoms with van der Waals surface area (Å²) in [7, 11) is 0. The minimum atomic E-state index is 0.441. The maximum atomic E-state index is 5.86. The van der Waals surface area contributed by atoms with Crippen LogP contribution in [-0.4, -0.2) is 19.3 Å². The second kappa shape index (κ2) is 8.59. The number of para-hydroxylation sites is 1. The van der Waals surface area contributed by atoms with Crippen LogP contribution in [0.4, 0.5) is 0 Å². The van der Waals surface area contributed by atoms with Crippen molar-refractivity contribution in [3.05, 3.63) is 36.4 Å². The van der Waals surface area contributed by atoms with Crippen molar-refractivity contribution >= 4 is 0 Å². The van der Waals surface area contributed by atoms with E-state index in [-0.39, 0.29) is 0 Å². The van der Waals surface area contributed by atoms with Gasteiger partial charge in [-0.05, 0) is 19.4 Å². The van der Waals surface area contributed by atoms with Gasteiger partial charge in [-0.15, -0.1) is 6.58 Å². The number of nitrogens with one attached hydrogen (secondary N) is 1. The van der Waals surface area contributed by atoms with Crippen LogP contribution in [-0.2, 0) is 6.54 Å². The van der Waals surface area contributed by atoms with E-state index in [1.54, 1.807) is 0 Å². The monoisotopic (exact) mass is 263 g/mol. The van der Waals surface area contributed by atoms with Gasteiger partial charge in [0.2, 0.25) is 0 Å². The molecular formula is C16H25NO2. The lowest BCUT2D eigenvalue weighted by atomic mass is 10.1. The number of benzene rings is 1. The average Bonchev–Trinajstić information content (AvgIpc) is 2.39. The molecule has 19 heavy (non-hydrogen) atoms. The normalized spacial score (nSPS) is 10.5. The van der Waals surface area contributed by atoms with Gasteiger partial charge in [-0.25, -0.2) is 0 Å². The standard InChI is InChI=1S/C16H25NO2/c1-5-7-11-19-16-14(12-17-13(3)4)9-8-10-15(16)18-6-2/h5,8-10,13,17H,1,6-7,11-12H2,2-4H3. The van der Waals surface area contributed by atoms with Crippen LogP contribution in [0.5, 0.6) is 11.5 Å². The molecule has 3 nitrogen and oxygen atoms in total. The molecule has 0 aliphatic carbocycles. The van der Waals surface area contributed by atoms with Crippen molar-refractivity contribution < 1.29 is 9.47 Å². The van der Waals surface area contributed by atoms with Crippen LogP contribution in [0.3, 0.4) is 0 Å². The molecular weight excluding hydrogens is 238 g/mol. The molecule has 0 saturated heterocycles. The third-order valence-corrected chi connectivity index (χ3v) is 2.63. The predicted octanol–water partition coefficient (Wildman–Crippen LogP) is 3.54. The van der Waals surface area contributed by atoms with Crippen LogP contribution < -0.4 is 14.8 Å². The Morgan fingerprint density at radius 2 is 2.11 bits per heavy atom. The van der Waals surface area contributed by atoms with Gasteiger partial charge in [-0.3, -0.25) is 0 Å². The molecule has 106 valence electrons. The molecule has 1 N–H and O–H groups in total. The highest BCUT2D eigenvalue weighted by Crippen LogP contribution is 2.31. The van der Waals surface area contributed by atoms with Gasteiger partial charge in [-0.1, -0.05) is 32.1 Å². The maximum absolute atomic E-state index is 5.86. The van der Waals surface area contributed by atoms with E-state index in [1.807, 2.05) is 25.1 Å². The van der Waals surface area contributed by atoms with Crippen molar-refractivity contribution in [2.45, 2.75) is 39.8 Å². The van der Waals surface area contributed by atoms with Crippen LogP contribution >= 0.6 is 0 Å². The van der Waals surface area contributed by atoms with E-state index in [0.717, 1.165) is 30.0 Å². The summed E-state index contributed by atoms with van der Waals surface area (Å²) in [6, 6.07) is 6.46. The summed E-state index contributed by atoms with van der Waals surface area (Å²) in [4.78, 5) is 0. The lowest BCUT2D eigenvalue weighted by Gasteiger charge is -2.17. The molecule has 3 heteroatoms. The lowest BCUT2D eigenvalue weighted by molar-refractivity contribution is 0.277. The molecule has 0 spiro atoms. The summed E-state index contributed by atoms with van der Waals surface area (Å²) in [6.07, 6.45) is 2.69. The summed E-state index contributed by atoms with van der Waals surface area (Å²) < 4.78 is 11.5. The molecule has 0 heterocycles. The van der Waals surface area contributed by atoms with Gasteiger partial charge in [0.25, 0.3) is 0 Å². The molecule has 0 amide bonds. The molecule has 0 aliphatic rings. The van der Waals surface area contributed by atoms with Crippen molar-refractivity contribution in [3.63, 3.8) is 0 Å². The largest absolute Gasteiger partial charge is 0.490 e. The molecule has 0 aromatic heterocycles. The second-order valence-electron chi connectivity index (χ2n) is 4.64. The first-order valence-corrected chi connectivity index (χ1v) is 6.90. The van der Waals surface area contributed by atoms with Gasteiger partial charge in [0.15, 0.2) is 11.5 Å². The predicted molar refractivity (Wildman–Crippen MR) is 79.9 cm³/mol. The van der Waals surface area contributed by atoms with E-state index >= 15 is 0 Å². The van der Waals surface area contributed by atoms with Crippen LogP contribution in [0.1, 0.15) is 32.8 Å². The Kier molecular flexibility index (Phi) is 7.04. The first-order valence-electron chi connectivity index (χ1n) is 6.90. The smallest absolute Gasteiger partial charge is 0.165 e. The Labute approximate surface area is 116 Å². The van der Waals surface area contributed by atoms with Crippen molar-refractivity contribution in [1.29, 1.82) is 0 Å². The molecule has 0 saturated carbocycles. The SMILES string of the molecule is C=CCCOc1c(CNC(C)C)cccc1OCC. The highest BCUT2D eigenvalue weighted by atomic mass is 16.5. The number of hydrogen-bond donors (Lipinski definition) is 1. The van der Waals surface area contributed by atoms with Gasteiger partial charge in [-0.2, -0.15) is 0 Å². The van der Waals surface area contributed by atoms with Crippen molar-refractivity contribution in [3.8, 4) is 11.5 Å². The van der Waals surface area contributed by atoms with Crippen LogP contribution in [0.25, 0.3) is 0 Å². The summed E-state index contributed by atoms with van der Waals surface area (Å²) in [5.41, 5.74) is 1.13. The van der Waals surface area contributed by atoms with Gasteiger partial charge >= 0.3 is 0 Å². The highest BCUT2D eigenvalue weighted by Gasteiger charge is 2.11. The quantitative estimate of drug-likeness (QED) is 0.546.